The predicted octanol–water partition coefficient (Wildman–Crippen LogP) is 4.93. The predicted molar refractivity (Wildman–Crippen MR) is 120 cm³/mol. The van der Waals surface area contributed by atoms with E-state index in [4.69, 9.17) is 4.42 Å². The lowest BCUT2D eigenvalue weighted by molar-refractivity contribution is 0.102. The number of aromatic nitrogens is 2. The highest BCUT2D eigenvalue weighted by Gasteiger charge is 2.38. The third-order valence-electron chi connectivity index (χ3n) is 6.25. The van der Waals surface area contributed by atoms with Crippen molar-refractivity contribution in [3.63, 3.8) is 0 Å². The van der Waals surface area contributed by atoms with E-state index in [1.54, 1.807) is 12.3 Å². The molecule has 0 unspecified atom stereocenters. The van der Waals surface area contributed by atoms with Crippen LogP contribution in [0, 0.1) is 5.92 Å². The van der Waals surface area contributed by atoms with Crippen LogP contribution in [-0.4, -0.2) is 28.5 Å². The summed E-state index contributed by atoms with van der Waals surface area (Å²) in [6.07, 6.45) is 5.60. The fourth-order valence-electron chi connectivity index (χ4n) is 4.13. The van der Waals surface area contributed by atoms with Crippen molar-refractivity contribution >= 4 is 22.6 Å². The number of imidazole rings is 1. The van der Waals surface area contributed by atoms with Crippen molar-refractivity contribution < 1.29 is 9.21 Å². The van der Waals surface area contributed by atoms with Gasteiger partial charge in [-0.2, -0.15) is 0 Å². The summed E-state index contributed by atoms with van der Waals surface area (Å²) in [4.78, 5) is 20.5. The Labute approximate surface area is 180 Å². The number of H-pyrrole nitrogens is 1. The number of rotatable bonds is 7. The fraction of sp³-hybridized carbons (Fsp3) is 0.280. The van der Waals surface area contributed by atoms with Crippen LogP contribution < -0.4 is 10.6 Å². The van der Waals surface area contributed by atoms with E-state index in [0.29, 0.717) is 29.1 Å². The zero-order valence-corrected chi connectivity index (χ0v) is 17.1. The maximum Gasteiger partial charge on any atom is 0.255 e. The van der Waals surface area contributed by atoms with Crippen LogP contribution in [0.25, 0.3) is 22.6 Å². The number of carbonyl (C=O) groups excluding carboxylic acids is 1. The van der Waals surface area contributed by atoms with Crippen LogP contribution in [0.1, 0.15) is 41.1 Å². The monoisotopic (exact) mass is 412 g/mol. The van der Waals surface area contributed by atoms with Crippen molar-refractivity contribution in [1.29, 1.82) is 0 Å². The summed E-state index contributed by atoms with van der Waals surface area (Å²) in [7, 11) is 0. The molecule has 4 aromatic rings. The summed E-state index contributed by atoms with van der Waals surface area (Å²) in [6.45, 7) is 1.17. The van der Waals surface area contributed by atoms with Gasteiger partial charge in [0.05, 0.1) is 17.3 Å². The van der Waals surface area contributed by atoms with Gasteiger partial charge in [-0.25, -0.2) is 4.98 Å². The Bertz CT molecular complexity index is 1220. The number of nitrogens with one attached hydrogen (secondary N) is 3. The Kier molecular flexibility index (Phi) is 4.39. The van der Waals surface area contributed by atoms with Gasteiger partial charge < -0.3 is 20.0 Å². The summed E-state index contributed by atoms with van der Waals surface area (Å²) in [5, 5.41) is 6.67. The van der Waals surface area contributed by atoms with E-state index in [2.05, 4.69) is 32.7 Å². The molecular weight excluding hydrogens is 388 g/mol. The third kappa shape index (κ3) is 3.86. The summed E-state index contributed by atoms with van der Waals surface area (Å²) >= 11 is 0. The minimum Gasteiger partial charge on any atom is -0.461 e. The van der Waals surface area contributed by atoms with Crippen LogP contribution in [0.5, 0.6) is 0 Å². The van der Waals surface area contributed by atoms with Gasteiger partial charge in [0.2, 0.25) is 0 Å². The smallest absolute Gasteiger partial charge is 0.255 e. The number of anilines is 1. The highest BCUT2D eigenvalue weighted by molar-refractivity contribution is 6.06. The first-order chi connectivity index (χ1) is 15.2. The quantitative estimate of drug-likeness (QED) is 0.402. The molecule has 3 N–H and O–H groups in total. The van der Waals surface area contributed by atoms with Gasteiger partial charge in [0.1, 0.15) is 0 Å². The average molecular weight is 412 g/mol. The Morgan fingerprint density at radius 2 is 2.00 bits per heavy atom. The topological polar surface area (TPSA) is 82.9 Å². The second kappa shape index (κ2) is 7.39. The van der Waals surface area contributed by atoms with E-state index >= 15 is 0 Å². The number of aromatic amines is 1. The van der Waals surface area contributed by atoms with Gasteiger partial charge in [0, 0.05) is 23.2 Å². The molecule has 1 amide bonds. The zero-order valence-electron chi connectivity index (χ0n) is 17.1. The Hall–Kier alpha value is -3.38. The highest BCUT2D eigenvalue weighted by Crippen LogP contribution is 2.42. The molecule has 2 aromatic carbocycles. The molecule has 0 radical (unpaired) electrons. The van der Waals surface area contributed by atoms with E-state index in [1.165, 1.54) is 31.4 Å². The highest BCUT2D eigenvalue weighted by atomic mass is 16.3. The minimum absolute atomic E-state index is 0.140. The molecule has 2 atom stereocenters. The summed E-state index contributed by atoms with van der Waals surface area (Å²) in [6, 6.07) is 18.0. The molecule has 2 aliphatic carbocycles. The molecule has 156 valence electrons. The zero-order chi connectivity index (χ0) is 20.8. The van der Waals surface area contributed by atoms with E-state index in [1.807, 2.05) is 36.4 Å². The van der Waals surface area contributed by atoms with Gasteiger partial charge in [-0.05, 0) is 79.8 Å². The second-order valence-electron chi connectivity index (χ2n) is 8.67. The Morgan fingerprint density at radius 1 is 1.13 bits per heavy atom. The molecular formula is C25H24N4O2. The molecule has 2 heterocycles. The van der Waals surface area contributed by atoms with Crippen molar-refractivity contribution in [3.8, 4) is 11.6 Å². The lowest BCUT2D eigenvalue weighted by Crippen LogP contribution is -2.20. The molecule has 2 fully saturated rings. The number of benzene rings is 2. The molecule has 0 aliphatic heterocycles. The SMILES string of the molecule is O=C(Nc1ccc([C@@H]2C[C@H]2NCC2CC2)cc1)c1ccc2nc(-c3ccco3)[nH]c2c1. The number of hydrogen-bond acceptors (Lipinski definition) is 4. The molecule has 6 heteroatoms. The van der Waals surface area contributed by atoms with Crippen LogP contribution in [0.2, 0.25) is 0 Å². The number of carbonyl (C=O) groups is 1. The Balaban J connectivity index is 1.11. The van der Waals surface area contributed by atoms with E-state index in [-0.39, 0.29) is 5.91 Å². The van der Waals surface area contributed by atoms with Gasteiger partial charge in [0.15, 0.2) is 11.6 Å². The van der Waals surface area contributed by atoms with E-state index in [0.717, 1.165) is 22.6 Å². The number of furan rings is 1. The first-order valence-corrected chi connectivity index (χ1v) is 10.9. The lowest BCUT2D eigenvalue weighted by Gasteiger charge is -2.07. The first-order valence-electron chi connectivity index (χ1n) is 10.9. The molecule has 2 aliphatic rings. The molecule has 0 spiro atoms. The normalized spacial score (nSPS) is 20.1. The van der Waals surface area contributed by atoms with Gasteiger partial charge in [-0.15, -0.1) is 0 Å². The first kappa shape index (κ1) is 18.4. The van der Waals surface area contributed by atoms with Crippen LogP contribution in [0.15, 0.2) is 65.3 Å². The van der Waals surface area contributed by atoms with Crippen molar-refractivity contribution in [1.82, 2.24) is 15.3 Å². The second-order valence-corrected chi connectivity index (χ2v) is 8.67. The molecule has 0 saturated heterocycles. The number of fused-ring (bicyclic) bond motifs is 1. The summed E-state index contributed by atoms with van der Waals surface area (Å²) in [5.41, 5.74) is 4.32. The molecule has 6 nitrogen and oxygen atoms in total. The van der Waals surface area contributed by atoms with Crippen molar-refractivity contribution in [2.75, 3.05) is 11.9 Å². The van der Waals surface area contributed by atoms with Crippen LogP contribution in [0.4, 0.5) is 5.69 Å². The lowest BCUT2D eigenvalue weighted by atomic mass is 10.1. The molecule has 2 aromatic heterocycles. The molecule has 6 rings (SSSR count). The van der Waals surface area contributed by atoms with Gasteiger partial charge in [-0.1, -0.05) is 12.1 Å². The number of nitrogens with zero attached hydrogens (tertiary/aromatic N) is 1. The fourth-order valence-corrected chi connectivity index (χ4v) is 4.13. The summed E-state index contributed by atoms with van der Waals surface area (Å²) in [5.74, 6) is 2.70. The largest absolute Gasteiger partial charge is 0.461 e. The van der Waals surface area contributed by atoms with Gasteiger partial charge in [-0.3, -0.25) is 4.79 Å². The average Bonchev–Trinajstić information content (AvgIpc) is 3.66. The molecule has 0 bridgehead atoms. The summed E-state index contributed by atoms with van der Waals surface area (Å²) < 4.78 is 5.39. The van der Waals surface area contributed by atoms with Crippen LogP contribution >= 0.6 is 0 Å². The molecule has 31 heavy (non-hydrogen) atoms. The van der Waals surface area contributed by atoms with Crippen LogP contribution in [-0.2, 0) is 0 Å². The van der Waals surface area contributed by atoms with Gasteiger partial charge >= 0.3 is 0 Å². The van der Waals surface area contributed by atoms with E-state index in [9.17, 15) is 4.79 Å². The minimum atomic E-state index is -0.140. The van der Waals surface area contributed by atoms with Gasteiger partial charge in [0.25, 0.3) is 5.91 Å². The maximum absolute atomic E-state index is 12.8. The van der Waals surface area contributed by atoms with Crippen molar-refractivity contribution in [2.24, 2.45) is 5.92 Å². The third-order valence-corrected chi connectivity index (χ3v) is 6.25. The van der Waals surface area contributed by atoms with Crippen molar-refractivity contribution in [3.05, 3.63) is 72.0 Å². The Morgan fingerprint density at radius 3 is 2.77 bits per heavy atom. The van der Waals surface area contributed by atoms with Crippen LogP contribution in [0.3, 0.4) is 0 Å². The van der Waals surface area contributed by atoms with Crippen molar-refractivity contribution in [2.45, 2.75) is 31.2 Å². The molecule has 2 saturated carbocycles. The van der Waals surface area contributed by atoms with E-state index < -0.39 is 0 Å². The maximum atomic E-state index is 12.8. The standard InChI is InChI=1S/C25H24N4O2/c30-25(17-7-10-20-22(12-17)29-24(28-20)23-2-1-11-31-23)27-18-8-5-16(6-9-18)19-13-21(19)26-14-15-3-4-15/h1-2,5-12,15,19,21,26H,3-4,13-14H2,(H,27,30)(H,28,29)/t19-,21+/m0/s1. The number of amides is 1. The number of hydrogen-bond donors (Lipinski definition) is 3.